The largest absolute Gasteiger partial charge is 0.338 e. The third-order valence-corrected chi connectivity index (χ3v) is 7.35. The smallest absolute Gasteiger partial charge is 0.242 e. The van der Waals surface area contributed by atoms with E-state index in [1.807, 2.05) is 4.90 Å². The molecular formula is C25H27F2N3O2. The predicted molar refractivity (Wildman–Crippen MR) is 116 cm³/mol. The molecule has 1 atom stereocenters. The summed E-state index contributed by atoms with van der Waals surface area (Å²) in [5.41, 5.74) is 0.265. The second-order valence-corrected chi connectivity index (χ2v) is 9.07. The summed E-state index contributed by atoms with van der Waals surface area (Å²) < 4.78 is 27.2. The molecule has 0 N–H and O–H groups in total. The quantitative estimate of drug-likeness (QED) is 0.736. The Kier molecular flexibility index (Phi) is 5.45. The number of amides is 2. The molecule has 0 aliphatic carbocycles. The Bertz CT molecular complexity index is 963. The molecule has 5 nitrogen and oxygen atoms in total. The van der Waals surface area contributed by atoms with Crippen LogP contribution in [0.5, 0.6) is 0 Å². The van der Waals surface area contributed by atoms with E-state index in [2.05, 4.69) is 4.90 Å². The Balaban J connectivity index is 1.39. The summed E-state index contributed by atoms with van der Waals surface area (Å²) in [6.45, 7) is 3.87. The minimum Gasteiger partial charge on any atom is -0.338 e. The van der Waals surface area contributed by atoms with E-state index in [0.29, 0.717) is 36.7 Å². The van der Waals surface area contributed by atoms with Gasteiger partial charge in [0.05, 0.1) is 6.54 Å². The number of carbonyl (C=O) groups excluding carboxylic acids is 2. The highest BCUT2D eigenvalue weighted by molar-refractivity contribution is 5.96. The van der Waals surface area contributed by atoms with Gasteiger partial charge in [0.2, 0.25) is 11.8 Å². The van der Waals surface area contributed by atoms with Crippen molar-refractivity contribution in [2.45, 2.75) is 30.7 Å². The number of likely N-dealkylation sites (tertiary alicyclic amines) is 1. The van der Waals surface area contributed by atoms with Crippen molar-refractivity contribution in [1.29, 1.82) is 0 Å². The van der Waals surface area contributed by atoms with E-state index in [9.17, 15) is 18.4 Å². The third kappa shape index (κ3) is 3.58. The van der Waals surface area contributed by atoms with Crippen LogP contribution in [0.4, 0.5) is 8.78 Å². The van der Waals surface area contributed by atoms with Crippen molar-refractivity contribution in [3.05, 3.63) is 71.3 Å². The van der Waals surface area contributed by atoms with E-state index in [0.717, 1.165) is 26.1 Å². The van der Waals surface area contributed by atoms with Gasteiger partial charge in [-0.1, -0.05) is 24.3 Å². The molecule has 2 aromatic rings. The molecule has 3 aliphatic heterocycles. The van der Waals surface area contributed by atoms with Gasteiger partial charge in [0.15, 0.2) is 0 Å². The second-order valence-electron chi connectivity index (χ2n) is 9.07. The summed E-state index contributed by atoms with van der Waals surface area (Å²) >= 11 is 0. The molecule has 0 spiro atoms. The first kappa shape index (κ1) is 21.1. The zero-order chi connectivity index (χ0) is 22.3. The Morgan fingerprint density at radius 1 is 0.906 bits per heavy atom. The summed E-state index contributed by atoms with van der Waals surface area (Å²) in [6, 6.07) is 12.2. The molecule has 3 heterocycles. The van der Waals surface area contributed by atoms with Crippen LogP contribution < -0.4 is 0 Å². The molecule has 7 heteroatoms. The van der Waals surface area contributed by atoms with Crippen molar-refractivity contribution < 1.29 is 18.4 Å². The first-order valence-electron chi connectivity index (χ1n) is 11.3. The summed E-state index contributed by atoms with van der Waals surface area (Å²) in [7, 11) is 0. The molecular weight excluding hydrogens is 412 g/mol. The van der Waals surface area contributed by atoms with E-state index in [4.69, 9.17) is 0 Å². The van der Waals surface area contributed by atoms with Gasteiger partial charge in [0.1, 0.15) is 17.0 Å². The molecule has 0 bridgehead atoms. The van der Waals surface area contributed by atoms with Crippen molar-refractivity contribution in [2.24, 2.45) is 0 Å². The van der Waals surface area contributed by atoms with Gasteiger partial charge in [-0.05, 0) is 61.2 Å². The number of benzene rings is 2. The Morgan fingerprint density at radius 3 is 2.16 bits per heavy atom. The van der Waals surface area contributed by atoms with Crippen LogP contribution in [0.2, 0.25) is 0 Å². The average molecular weight is 440 g/mol. The summed E-state index contributed by atoms with van der Waals surface area (Å²) in [5, 5.41) is 0. The number of nitrogens with zero attached hydrogens (tertiary/aromatic N) is 3. The van der Waals surface area contributed by atoms with Crippen molar-refractivity contribution in [1.82, 2.24) is 14.7 Å². The molecule has 0 radical (unpaired) electrons. The molecule has 0 saturated carbocycles. The third-order valence-electron chi connectivity index (χ3n) is 7.35. The van der Waals surface area contributed by atoms with Crippen molar-refractivity contribution in [3.8, 4) is 0 Å². The Morgan fingerprint density at radius 2 is 1.53 bits per heavy atom. The lowest BCUT2D eigenvalue weighted by Crippen LogP contribution is -2.54. The van der Waals surface area contributed by atoms with Gasteiger partial charge >= 0.3 is 0 Å². The van der Waals surface area contributed by atoms with E-state index in [-0.39, 0.29) is 30.0 Å². The van der Waals surface area contributed by atoms with Gasteiger partial charge in [0, 0.05) is 32.2 Å². The van der Waals surface area contributed by atoms with Crippen molar-refractivity contribution in [2.75, 3.05) is 39.3 Å². The minimum atomic E-state index is -1.05. The van der Waals surface area contributed by atoms with E-state index < -0.39 is 5.41 Å². The normalized spacial score (nSPS) is 22.9. The Labute approximate surface area is 186 Å². The van der Waals surface area contributed by atoms with Gasteiger partial charge in [0.25, 0.3) is 0 Å². The Hall–Kier alpha value is -2.80. The fraction of sp³-hybridized carbons (Fsp3) is 0.440. The van der Waals surface area contributed by atoms with E-state index in [1.54, 1.807) is 29.2 Å². The first-order chi connectivity index (χ1) is 15.5. The summed E-state index contributed by atoms with van der Waals surface area (Å²) in [4.78, 5) is 32.8. The monoisotopic (exact) mass is 439 g/mol. The standard InChI is InChI=1S/C25H27F2N3O2/c26-20-7-3-18(4-8-20)25(19-5-9-21(27)10-6-19)11-13-30(24(25)32)17-23(31)29-15-14-28-12-1-2-22(28)16-29/h3-10,22H,1-2,11-17H2. The maximum absolute atomic E-state index is 13.8. The van der Waals surface area contributed by atoms with Gasteiger partial charge < -0.3 is 9.80 Å². The zero-order valence-electron chi connectivity index (χ0n) is 18.0. The first-order valence-corrected chi connectivity index (χ1v) is 11.3. The lowest BCUT2D eigenvalue weighted by molar-refractivity contribution is -0.141. The van der Waals surface area contributed by atoms with Crippen LogP contribution in [-0.2, 0) is 15.0 Å². The van der Waals surface area contributed by atoms with Crippen LogP contribution >= 0.6 is 0 Å². The van der Waals surface area contributed by atoms with Crippen molar-refractivity contribution in [3.63, 3.8) is 0 Å². The fourth-order valence-corrected chi connectivity index (χ4v) is 5.58. The number of piperazine rings is 1. The molecule has 3 aliphatic rings. The van der Waals surface area contributed by atoms with E-state index in [1.165, 1.54) is 30.7 Å². The predicted octanol–water partition coefficient (Wildman–Crippen LogP) is 2.79. The van der Waals surface area contributed by atoms with Crippen LogP contribution in [0.25, 0.3) is 0 Å². The average Bonchev–Trinajstić information content (AvgIpc) is 3.40. The molecule has 5 rings (SSSR count). The van der Waals surface area contributed by atoms with E-state index >= 15 is 0 Å². The molecule has 3 saturated heterocycles. The number of rotatable bonds is 4. The highest BCUT2D eigenvalue weighted by Gasteiger charge is 2.50. The molecule has 0 aromatic heterocycles. The summed E-state index contributed by atoms with van der Waals surface area (Å²) in [6.07, 6.45) is 2.74. The lowest BCUT2D eigenvalue weighted by atomic mass is 9.73. The van der Waals surface area contributed by atoms with Gasteiger partial charge in [-0.2, -0.15) is 0 Å². The molecule has 32 heavy (non-hydrogen) atoms. The van der Waals surface area contributed by atoms with Crippen LogP contribution in [-0.4, -0.2) is 71.8 Å². The number of carbonyl (C=O) groups is 2. The van der Waals surface area contributed by atoms with Gasteiger partial charge in [-0.3, -0.25) is 14.5 Å². The molecule has 3 fully saturated rings. The van der Waals surface area contributed by atoms with Crippen LogP contribution in [0.15, 0.2) is 48.5 Å². The topological polar surface area (TPSA) is 43.9 Å². The zero-order valence-corrected chi connectivity index (χ0v) is 18.0. The van der Waals surface area contributed by atoms with Crippen LogP contribution in [0, 0.1) is 11.6 Å². The van der Waals surface area contributed by atoms with Gasteiger partial charge in [-0.15, -0.1) is 0 Å². The second kappa shape index (κ2) is 8.28. The van der Waals surface area contributed by atoms with Crippen molar-refractivity contribution >= 4 is 11.8 Å². The molecule has 168 valence electrons. The molecule has 2 amide bonds. The summed E-state index contributed by atoms with van der Waals surface area (Å²) in [5.74, 6) is -0.986. The minimum absolute atomic E-state index is 0.0288. The maximum Gasteiger partial charge on any atom is 0.242 e. The van der Waals surface area contributed by atoms with Gasteiger partial charge in [-0.25, -0.2) is 8.78 Å². The number of hydrogen-bond donors (Lipinski definition) is 0. The number of fused-ring (bicyclic) bond motifs is 1. The highest BCUT2D eigenvalue weighted by Crippen LogP contribution is 2.42. The number of hydrogen-bond acceptors (Lipinski definition) is 3. The SMILES string of the molecule is O=C(CN1CCC(c2ccc(F)cc2)(c2ccc(F)cc2)C1=O)N1CCN2CCCC2C1. The maximum atomic E-state index is 13.8. The molecule has 1 unspecified atom stereocenters. The number of halogens is 2. The van der Waals surface area contributed by atoms with Crippen LogP contribution in [0.3, 0.4) is 0 Å². The molecule has 2 aromatic carbocycles. The van der Waals surface area contributed by atoms with Crippen LogP contribution in [0.1, 0.15) is 30.4 Å². The highest BCUT2D eigenvalue weighted by atomic mass is 19.1. The fourth-order valence-electron chi connectivity index (χ4n) is 5.58. The lowest BCUT2D eigenvalue weighted by Gasteiger charge is -2.38.